The second-order valence-corrected chi connectivity index (χ2v) is 9.51. The Hall–Kier alpha value is -3.97. The number of nitrogens with two attached hydrogens (primary N) is 2. The highest BCUT2D eigenvalue weighted by atomic mass is 16.4. The van der Waals surface area contributed by atoms with Crippen molar-refractivity contribution >= 4 is 40.5 Å². The number of para-hydroxylation sites is 1. The molecule has 0 aliphatic rings. The fraction of sp³-hybridized carbons (Fsp3) is 0.480. The average Bonchev–Trinajstić information content (AvgIpc) is 3.27. The summed E-state index contributed by atoms with van der Waals surface area (Å²) in [5.74, 6) is -4.29. The van der Waals surface area contributed by atoms with Crippen molar-refractivity contribution in [2.45, 2.75) is 63.7 Å². The van der Waals surface area contributed by atoms with Gasteiger partial charge in [0, 0.05) is 29.9 Å². The van der Waals surface area contributed by atoms with E-state index >= 15 is 0 Å². The lowest BCUT2D eigenvalue weighted by Gasteiger charge is -2.25. The first-order valence-corrected chi connectivity index (χ1v) is 12.3. The molecule has 1 aromatic heterocycles. The molecule has 1 aromatic carbocycles. The lowest BCUT2D eigenvalue weighted by atomic mass is 10.0. The molecular formula is C25H36N6O7. The van der Waals surface area contributed by atoms with Crippen molar-refractivity contribution in [2.24, 2.45) is 17.4 Å². The van der Waals surface area contributed by atoms with Crippen LogP contribution in [0.15, 0.2) is 30.5 Å². The van der Waals surface area contributed by atoms with Crippen LogP contribution in [0.2, 0.25) is 0 Å². The zero-order valence-corrected chi connectivity index (χ0v) is 21.4. The highest BCUT2D eigenvalue weighted by Crippen LogP contribution is 2.19. The molecule has 4 unspecified atom stereocenters. The number of carbonyl (C=O) groups excluding carboxylic acids is 4. The number of carboxylic acids is 1. The molecule has 0 fully saturated rings. The topological polar surface area (TPSA) is 230 Å². The maximum absolute atomic E-state index is 13.2. The number of carbonyl (C=O) groups is 5. The van der Waals surface area contributed by atoms with Gasteiger partial charge in [0.2, 0.25) is 23.6 Å². The van der Waals surface area contributed by atoms with Gasteiger partial charge in [0.05, 0.1) is 12.6 Å². The van der Waals surface area contributed by atoms with Crippen molar-refractivity contribution in [3.05, 3.63) is 36.0 Å². The van der Waals surface area contributed by atoms with Crippen molar-refractivity contribution < 1.29 is 34.2 Å². The molecule has 38 heavy (non-hydrogen) atoms. The van der Waals surface area contributed by atoms with Crippen molar-refractivity contribution in [2.75, 3.05) is 6.61 Å². The number of aromatic nitrogens is 1. The summed E-state index contributed by atoms with van der Waals surface area (Å²) in [6.07, 6.45) is 1.66. The number of H-pyrrole nitrogens is 1. The second-order valence-electron chi connectivity index (χ2n) is 9.51. The summed E-state index contributed by atoms with van der Waals surface area (Å²) in [6, 6.07) is 2.31. The van der Waals surface area contributed by atoms with E-state index < -0.39 is 60.4 Å². The summed E-state index contributed by atoms with van der Waals surface area (Å²) in [6.45, 7) is 2.83. The number of aliphatic hydroxyl groups excluding tert-OH is 1. The third kappa shape index (κ3) is 8.85. The minimum atomic E-state index is -1.45. The predicted molar refractivity (Wildman–Crippen MR) is 138 cm³/mol. The number of nitrogens with one attached hydrogen (secondary N) is 4. The van der Waals surface area contributed by atoms with E-state index in [-0.39, 0.29) is 31.6 Å². The summed E-state index contributed by atoms with van der Waals surface area (Å²) in [4.78, 5) is 64.3. The Labute approximate surface area is 219 Å². The molecule has 0 bridgehead atoms. The summed E-state index contributed by atoms with van der Waals surface area (Å²) >= 11 is 0. The fourth-order valence-corrected chi connectivity index (χ4v) is 3.87. The summed E-state index contributed by atoms with van der Waals surface area (Å²) in [5, 5.41) is 27.4. The number of aliphatic hydroxyl groups is 1. The van der Waals surface area contributed by atoms with Gasteiger partial charge >= 0.3 is 5.97 Å². The van der Waals surface area contributed by atoms with Crippen molar-refractivity contribution in [3.63, 3.8) is 0 Å². The van der Waals surface area contributed by atoms with Gasteiger partial charge in [-0.3, -0.25) is 19.2 Å². The van der Waals surface area contributed by atoms with Crippen LogP contribution >= 0.6 is 0 Å². The van der Waals surface area contributed by atoms with Gasteiger partial charge in [-0.2, -0.15) is 0 Å². The van der Waals surface area contributed by atoms with Gasteiger partial charge in [-0.15, -0.1) is 0 Å². The molecule has 2 rings (SSSR count). The lowest BCUT2D eigenvalue weighted by molar-refractivity contribution is -0.142. The molecule has 2 aromatic rings. The number of carboxylic acid groups (broad SMARTS) is 1. The van der Waals surface area contributed by atoms with Gasteiger partial charge in [0.25, 0.3) is 0 Å². The minimum Gasteiger partial charge on any atom is -0.480 e. The molecule has 13 heteroatoms. The summed E-state index contributed by atoms with van der Waals surface area (Å²) < 4.78 is 0. The Balaban J connectivity index is 2.23. The smallest absolute Gasteiger partial charge is 0.326 e. The third-order valence-corrected chi connectivity index (χ3v) is 5.91. The number of benzene rings is 1. The van der Waals surface area contributed by atoms with Crippen LogP contribution in [0.3, 0.4) is 0 Å². The van der Waals surface area contributed by atoms with Crippen LogP contribution in [0.4, 0.5) is 0 Å². The standard InChI is InChI=1S/C25H36N6O7/c1-13(2)9-19(25(37)38)30-23(35)18(10-14-11-28-17-6-4-3-5-15(14)17)29-24(36)20(12-32)31-22(34)16(26)7-8-21(27)33/h3-6,11,13,16,18-20,28,32H,7-10,12,26H2,1-2H3,(H2,27,33)(H,29,36)(H,30,35)(H,31,34)(H,37,38). The van der Waals surface area contributed by atoms with E-state index in [4.69, 9.17) is 11.5 Å². The van der Waals surface area contributed by atoms with E-state index in [1.807, 2.05) is 38.1 Å². The first kappa shape index (κ1) is 30.3. The largest absolute Gasteiger partial charge is 0.480 e. The number of primary amides is 1. The van der Waals surface area contributed by atoms with E-state index in [1.54, 1.807) is 6.20 Å². The number of aliphatic carboxylic acids is 1. The van der Waals surface area contributed by atoms with E-state index in [2.05, 4.69) is 20.9 Å². The maximum atomic E-state index is 13.2. The normalized spacial score (nSPS) is 14.3. The van der Waals surface area contributed by atoms with Crippen LogP contribution in [-0.2, 0) is 30.4 Å². The number of amides is 4. The van der Waals surface area contributed by atoms with Crippen molar-refractivity contribution in [1.82, 2.24) is 20.9 Å². The Morgan fingerprint density at radius 1 is 0.947 bits per heavy atom. The quantitative estimate of drug-likeness (QED) is 0.140. The van der Waals surface area contributed by atoms with Gasteiger partial charge in [0.15, 0.2) is 0 Å². The van der Waals surface area contributed by atoms with Crippen LogP contribution in [-0.4, -0.2) is 75.6 Å². The molecule has 10 N–H and O–H groups in total. The zero-order valence-electron chi connectivity index (χ0n) is 21.4. The van der Waals surface area contributed by atoms with Gasteiger partial charge in [-0.1, -0.05) is 32.0 Å². The molecule has 0 saturated carbocycles. The fourth-order valence-electron chi connectivity index (χ4n) is 3.87. The number of hydrogen-bond donors (Lipinski definition) is 8. The SMILES string of the molecule is CC(C)CC(NC(=O)C(Cc1c[nH]c2ccccc12)NC(=O)C(CO)NC(=O)C(N)CCC(N)=O)C(=O)O. The van der Waals surface area contributed by atoms with E-state index in [1.165, 1.54) is 0 Å². The Morgan fingerprint density at radius 3 is 2.16 bits per heavy atom. The van der Waals surface area contributed by atoms with Crippen LogP contribution < -0.4 is 27.4 Å². The Morgan fingerprint density at radius 2 is 1.55 bits per heavy atom. The van der Waals surface area contributed by atoms with E-state index in [0.717, 1.165) is 10.9 Å². The average molecular weight is 533 g/mol. The monoisotopic (exact) mass is 532 g/mol. The number of fused-ring (bicyclic) bond motifs is 1. The predicted octanol–water partition coefficient (Wildman–Crippen LogP) is -1.12. The molecule has 0 aliphatic carbocycles. The van der Waals surface area contributed by atoms with Crippen molar-refractivity contribution in [1.29, 1.82) is 0 Å². The molecule has 0 saturated heterocycles. The molecule has 4 atom stereocenters. The number of rotatable bonds is 15. The molecule has 4 amide bonds. The molecule has 0 aliphatic heterocycles. The Kier molecular flexibility index (Phi) is 11.2. The molecule has 0 spiro atoms. The summed E-state index contributed by atoms with van der Waals surface area (Å²) in [7, 11) is 0. The molecule has 0 radical (unpaired) electrons. The van der Waals surface area contributed by atoms with Crippen LogP contribution in [0, 0.1) is 5.92 Å². The van der Waals surface area contributed by atoms with Gasteiger partial charge in [-0.05, 0) is 30.4 Å². The van der Waals surface area contributed by atoms with E-state index in [0.29, 0.717) is 5.56 Å². The Bertz CT molecular complexity index is 1150. The minimum absolute atomic E-state index is 0.000174. The van der Waals surface area contributed by atoms with Gasteiger partial charge in [-0.25, -0.2) is 4.79 Å². The lowest BCUT2D eigenvalue weighted by Crippen LogP contribution is -2.58. The molecular weight excluding hydrogens is 496 g/mol. The molecule has 1 heterocycles. The first-order valence-electron chi connectivity index (χ1n) is 12.3. The van der Waals surface area contributed by atoms with Crippen molar-refractivity contribution in [3.8, 4) is 0 Å². The second kappa shape index (κ2) is 14.1. The third-order valence-electron chi connectivity index (χ3n) is 5.91. The first-order chi connectivity index (χ1) is 17.9. The summed E-state index contributed by atoms with van der Waals surface area (Å²) in [5.41, 5.74) is 12.3. The van der Waals surface area contributed by atoms with Crippen LogP contribution in [0.5, 0.6) is 0 Å². The van der Waals surface area contributed by atoms with Gasteiger partial charge in [0.1, 0.15) is 18.1 Å². The zero-order chi connectivity index (χ0) is 28.4. The highest BCUT2D eigenvalue weighted by Gasteiger charge is 2.31. The van der Waals surface area contributed by atoms with E-state index in [9.17, 15) is 34.2 Å². The number of hydrogen-bond acceptors (Lipinski definition) is 7. The highest BCUT2D eigenvalue weighted by molar-refractivity contribution is 5.95. The van der Waals surface area contributed by atoms with Crippen LogP contribution in [0.25, 0.3) is 10.9 Å². The van der Waals surface area contributed by atoms with Gasteiger partial charge < -0.3 is 42.6 Å². The van der Waals surface area contributed by atoms with Crippen LogP contribution in [0.1, 0.15) is 38.7 Å². The molecule has 13 nitrogen and oxygen atoms in total. The molecule has 208 valence electrons. The maximum Gasteiger partial charge on any atom is 0.326 e. The number of aromatic amines is 1.